The summed E-state index contributed by atoms with van der Waals surface area (Å²) in [5.74, 6) is -1.34. The summed E-state index contributed by atoms with van der Waals surface area (Å²) in [7, 11) is 0. The molecule has 37 heavy (non-hydrogen) atoms. The number of fused-ring (bicyclic) bond motifs is 3. The first-order valence-corrected chi connectivity index (χ1v) is 12.0. The van der Waals surface area contributed by atoms with Crippen LogP contribution in [0.15, 0.2) is 42.5 Å². The van der Waals surface area contributed by atoms with Crippen molar-refractivity contribution in [3.63, 3.8) is 0 Å². The minimum Gasteiger partial charge on any atom is -0.484 e. The van der Waals surface area contributed by atoms with Gasteiger partial charge >= 0.3 is 6.18 Å². The minimum atomic E-state index is -4.47. The summed E-state index contributed by atoms with van der Waals surface area (Å²) in [6.45, 7) is -0.771. The highest BCUT2D eigenvalue weighted by Crippen LogP contribution is 2.47. The molecular weight excluding hydrogens is 520 g/mol. The van der Waals surface area contributed by atoms with Crippen molar-refractivity contribution < 1.29 is 41.7 Å². The van der Waals surface area contributed by atoms with Crippen molar-refractivity contribution in [3.8, 4) is 11.5 Å². The van der Waals surface area contributed by atoms with E-state index in [1.54, 1.807) is 0 Å². The summed E-state index contributed by atoms with van der Waals surface area (Å²) in [5.41, 5.74) is -2.37. The van der Waals surface area contributed by atoms with Crippen molar-refractivity contribution in [2.75, 3.05) is 13.2 Å². The van der Waals surface area contributed by atoms with Crippen LogP contribution in [0, 0.1) is 5.82 Å². The van der Waals surface area contributed by atoms with E-state index >= 15 is 0 Å². The second-order valence-electron chi connectivity index (χ2n) is 9.43. The number of hydrogen-bond acceptors (Lipinski definition) is 5. The average molecular weight is 545 g/mol. The van der Waals surface area contributed by atoms with Crippen molar-refractivity contribution >= 4 is 23.4 Å². The van der Waals surface area contributed by atoms with Crippen LogP contribution in [0.2, 0.25) is 5.02 Å². The second-order valence-corrected chi connectivity index (χ2v) is 9.84. The molecule has 200 valence electrons. The lowest BCUT2D eigenvalue weighted by molar-refractivity contribution is -0.137. The predicted octanol–water partition coefficient (Wildman–Crippen LogP) is 4.00. The van der Waals surface area contributed by atoms with Crippen LogP contribution in [-0.2, 0) is 15.8 Å². The lowest BCUT2D eigenvalue weighted by atomic mass is 9.60. The molecule has 7 nitrogen and oxygen atoms in total. The Kier molecular flexibility index (Phi) is 7.57. The van der Waals surface area contributed by atoms with Crippen molar-refractivity contribution in [1.29, 1.82) is 0 Å². The van der Waals surface area contributed by atoms with Crippen LogP contribution in [0.4, 0.5) is 17.6 Å². The Morgan fingerprint density at radius 1 is 0.946 bits per heavy atom. The van der Waals surface area contributed by atoms with E-state index < -0.39 is 53.2 Å². The molecule has 2 amide bonds. The molecule has 12 heteroatoms. The van der Waals surface area contributed by atoms with Gasteiger partial charge in [0.2, 0.25) is 0 Å². The Balaban J connectivity index is 1.26. The molecule has 2 bridgehead atoms. The molecule has 2 aromatic rings. The molecule has 5 rings (SSSR count). The summed E-state index contributed by atoms with van der Waals surface area (Å²) >= 11 is 5.63. The fourth-order valence-electron chi connectivity index (χ4n) is 4.91. The van der Waals surface area contributed by atoms with Gasteiger partial charge in [-0.2, -0.15) is 13.2 Å². The number of rotatable bonds is 8. The van der Waals surface area contributed by atoms with E-state index in [0.717, 1.165) is 30.3 Å². The van der Waals surface area contributed by atoms with Gasteiger partial charge in [-0.25, -0.2) is 4.39 Å². The molecule has 2 aromatic carbocycles. The number of benzene rings is 2. The van der Waals surface area contributed by atoms with Gasteiger partial charge in [-0.1, -0.05) is 11.6 Å². The number of nitrogens with one attached hydrogen (secondary N) is 2. The van der Waals surface area contributed by atoms with Crippen LogP contribution in [0.5, 0.6) is 11.5 Å². The lowest BCUT2D eigenvalue weighted by Crippen LogP contribution is -2.70. The van der Waals surface area contributed by atoms with Crippen LogP contribution in [-0.4, -0.2) is 47.3 Å². The zero-order valence-electron chi connectivity index (χ0n) is 19.5. The highest BCUT2D eigenvalue weighted by molar-refractivity contribution is 6.30. The molecule has 3 saturated carbocycles. The number of alkyl halides is 3. The number of aliphatic hydroxyl groups excluding tert-OH is 1. The molecule has 1 atom stereocenters. The molecule has 3 fully saturated rings. The normalized spacial score (nSPS) is 24.9. The topological polar surface area (TPSA) is 96.9 Å². The van der Waals surface area contributed by atoms with Gasteiger partial charge in [0, 0.05) is 11.6 Å². The summed E-state index contributed by atoms with van der Waals surface area (Å²) in [5, 5.41) is 16.5. The predicted molar refractivity (Wildman–Crippen MR) is 125 cm³/mol. The maximum absolute atomic E-state index is 13.5. The standard InChI is InChI=1S/C25H25ClF4N2O5/c26-18-6-5-17(11-19(18)27)37-13-21(34)31-23-7-9-24(10-8-23,20(33)12-23)32-22(35)14-36-16-3-1-15(2-4-16)25(28,29)30/h1-6,11,20,33H,7-10,12-14H2,(H,31,34)(H,32,35)/t20-,23?,24?/m0/s1. The van der Waals surface area contributed by atoms with Gasteiger partial charge in [0.25, 0.3) is 11.8 Å². The Bertz CT molecular complexity index is 1150. The smallest absolute Gasteiger partial charge is 0.416 e. The fourth-order valence-corrected chi connectivity index (χ4v) is 5.03. The summed E-state index contributed by atoms with van der Waals surface area (Å²) in [4.78, 5) is 25.0. The monoisotopic (exact) mass is 544 g/mol. The molecular formula is C25H25ClF4N2O5. The van der Waals surface area contributed by atoms with E-state index in [-0.39, 0.29) is 29.5 Å². The highest BCUT2D eigenvalue weighted by atomic mass is 35.5. The molecule has 0 saturated heterocycles. The third kappa shape index (κ3) is 6.27. The maximum Gasteiger partial charge on any atom is 0.416 e. The summed E-state index contributed by atoms with van der Waals surface area (Å²) < 4.78 is 62.2. The third-order valence-electron chi connectivity index (χ3n) is 6.93. The number of aliphatic hydroxyl groups is 1. The van der Waals surface area contributed by atoms with E-state index in [4.69, 9.17) is 21.1 Å². The van der Waals surface area contributed by atoms with Gasteiger partial charge in [0.15, 0.2) is 13.2 Å². The van der Waals surface area contributed by atoms with Gasteiger partial charge < -0.3 is 25.2 Å². The SMILES string of the molecule is O=C(COc1ccc(Cl)c(F)c1)NC12CCC(NC(=O)COc3ccc(C(F)(F)F)cc3)(CC1)[C@@H](O)C2. The lowest BCUT2D eigenvalue weighted by Gasteiger charge is -2.56. The number of ether oxygens (including phenoxy) is 2. The van der Waals surface area contributed by atoms with Gasteiger partial charge in [-0.3, -0.25) is 9.59 Å². The van der Waals surface area contributed by atoms with Crippen LogP contribution >= 0.6 is 11.6 Å². The quantitative estimate of drug-likeness (QED) is 0.437. The number of carbonyl (C=O) groups is 2. The van der Waals surface area contributed by atoms with E-state index in [0.29, 0.717) is 25.7 Å². The van der Waals surface area contributed by atoms with Crippen LogP contribution in [0.1, 0.15) is 37.7 Å². The van der Waals surface area contributed by atoms with Crippen molar-refractivity contribution in [2.45, 2.75) is 55.5 Å². The first-order valence-electron chi connectivity index (χ1n) is 11.6. The Labute approximate surface area is 215 Å². The van der Waals surface area contributed by atoms with E-state index in [1.165, 1.54) is 12.1 Å². The van der Waals surface area contributed by atoms with Crippen LogP contribution < -0.4 is 20.1 Å². The molecule has 3 aliphatic carbocycles. The molecule has 0 radical (unpaired) electrons. The molecule has 3 N–H and O–H groups in total. The molecule has 0 heterocycles. The number of carbonyl (C=O) groups excluding carboxylic acids is 2. The number of hydrogen-bond donors (Lipinski definition) is 3. The molecule has 0 aromatic heterocycles. The fraction of sp³-hybridized carbons (Fsp3) is 0.440. The Hall–Kier alpha value is -3.05. The van der Waals surface area contributed by atoms with Crippen molar-refractivity contribution in [3.05, 3.63) is 58.9 Å². The van der Waals surface area contributed by atoms with E-state index in [9.17, 15) is 32.3 Å². The first kappa shape index (κ1) is 27.0. The van der Waals surface area contributed by atoms with E-state index in [1.807, 2.05) is 0 Å². The third-order valence-corrected chi connectivity index (χ3v) is 7.23. The van der Waals surface area contributed by atoms with E-state index in [2.05, 4.69) is 10.6 Å². The average Bonchev–Trinajstić information content (AvgIpc) is 2.84. The second kappa shape index (κ2) is 10.4. The van der Waals surface area contributed by atoms with Crippen molar-refractivity contribution in [1.82, 2.24) is 10.6 Å². The number of halogens is 5. The highest BCUT2D eigenvalue weighted by Gasteiger charge is 2.55. The molecule has 0 spiro atoms. The number of amides is 2. The summed E-state index contributed by atoms with van der Waals surface area (Å²) in [6, 6.07) is 7.85. The van der Waals surface area contributed by atoms with Gasteiger partial charge in [-0.05, 0) is 68.5 Å². The molecule has 0 unspecified atom stereocenters. The largest absolute Gasteiger partial charge is 0.484 e. The Morgan fingerprint density at radius 3 is 2.08 bits per heavy atom. The maximum atomic E-state index is 13.5. The molecule has 3 aliphatic rings. The van der Waals surface area contributed by atoms with Gasteiger partial charge in [0.05, 0.1) is 22.2 Å². The first-order chi connectivity index (χ1) is 17.4. The minimum absolute atomic E-state index is 0.0594. The molecule has 0 aliphatic heterocycles. The Morgan fingerprint density at radius 2 is 1.51 bits per heavy atom. The zero-order chi connectivity index (χ0) is 26.8. The summed E-state index contributed by atoms with van der Waals surface area (Å²) in [6.07, 6.45) is -3.36. The van der Waals surface area contributed by atoms with Gasteiger partial charge in [0.1, 0.15) is 17.3 Å². The zero-order valence-corrected chi connectivity index (χ0v) is 20.3. The van der Waals surface area contributed by atoms with Crippen LogP contribution in [0.25, 0.3) is 0 Å². The van der Waals surface area contributed by atoms with Crippen LogP contribution in [0.3, 0.4) is 0 Å². The van der Waals surface area contributed by atoms with Crippen molar-refractivity contribution in [2.24, 2.45) is 0 Å². The van der Waals surface area contributed by atoms with Gasteiger partial charge in [-0.15, -0.1) is 0 Å².